The molecule has 0 amide bonds. The SMILES string of the molecule is CC1CNC(C)CCN(c2cc(F)c(F)c(F)c2)C1. The van der Waals surface area contributed by atoms with Crippen molar-refractivity contribution in [1.29, 1.82) is 0 Å². The molecule has 2 unspecified atom stereocenters. The van der Waals surface area contributed by atoms with E-state index in [2.05, 4.69) is 19.2 Å². The lowest BCUT2D eigenvalue weighted by atomic mass is 10.1. The Labute approximate surface area is 111 Å². The number of nitrogens with one attached hydrogen (secondary N) is 1. The molecule has 1 fully saturated rings. The third kappa shape index (κ3) is 3.41. The highest BCUT2D eigenvalue weighted by molar-refractivity contribution is 5.47. The fraction of sp³-hybridized carbons (Fsp3) is 0.571. The van der Waals surface area contributed by atoms with Crippen LogP contribution in [0.5, 0.6) is 0 Å². The summed E-state index contributed by atoms with van der Waals surface area (Å²) >= 11 is 0. The lowest BCUT2D eigenvalue weighted by Gasteiger charge is -2.32. The van der Waals surface area contributed by atoms with E-state index in [9.17, 15) is 13.2 Å². The van der Waals surface area contributed by atoms with Gasteiger partial charge in [-0.2, -0.15) is 0 Å². The van der Waals surface area contributed by atoms with Crippen LogP contribution in [0, 0.1) is 23.4 Å². The van der Waals surface area contributed by atoms with Gasteiger partial charge in [0, 0.05) is 37.0 Å². The predicted molar refractivity (Wildman–Crippen MR) is 69.8 cm³/mol. The fourth-order valence-corrected chi connectivity index (χ4v) is 2.35. The van der Waals surface area contributed by atoms with Crippen molar-refractivity contribution in [2.24, 2.45) is 5.92 Å². The molecule has 0 saturated carbocycles. The Morgan fingerprint density at radius 1 is 1.16 bits per heavy atom. The molecule has 1 aromatic rings. The number of nitrogens with zero attached hydrogens (tertiary/aromatic N) is 1. The molecule has 1 aromatic carbocycles. The average molecular weight is 272 g/mol. The van der Waals surface area contributed by atoms with Crippen LogP contribution >= 0.6 is 0 Å². The molecule has 0 spiro atoms. The Kier molecular flexibility index (Phi) is 4.34. The summed E-state index contributed by atoms with van der Waals surface area (Å²) in [6.07, 6.45) is 0.882. The molecule has 0 aliphatic carbocycles. The molecule has 1 N–H and O–H groups in total. The van der Waals surface area contributed by atoms with Crippen LogP contribution in [0.15, 0.2) is 12.1 Å². The van der Waals surface area contributed by atoms with Crippen LogP contribution in [0.25, 0.3) is 0 Å². The summed E-state index contributed by atoms with van der Waals surface area (Å²) in [6, 6.07) is 2.51. The number of anilines is 1. The van der Waals surface area contributed by atoms with E-state index in [1.165, 1.54) is 0 Å². The molecule has 2 rings (SSSR count). The van der Waals surface area contributed by atoms with Gasteiger partial charge in [-0.05, 0) is 25.8 Å². The first-order valence-corrected chi connectivity index (χ1v) is 6.60. The number of halogens is 3. The Hall–Kier alpha value is -1.23. The van der Waals surface area contributed by atoms with Gasteiger partial charge >= 0.3 is 0 Å². The van der Waals surface area contributed by atoms with Crippen LogP contribution < -0.4 is 10.2 Å². The van der Waals surface area contributed by atoms with Crippen molar-refractivity contribution < 1.29 is 13.2 Å². The number of rotatable bonds is 1. The van der Waals surface area contributed by atoms with Crippen molar-refractivity contribution in [3.05, 3.63) is 29.6 Å². The Morgan fingerprint density at radius 3 is 2.42 bits per heavy atom. The van der Waals surface area contributed by atoms with Crippen molar-refractivity contribution in [2.45, 2.75) is 26.3 Å². The first-order chi connectivity index (χ1) is 8.97. The van der Waals surface area contributed by atoms with E-state index in [0.29, 0.717) is 30.7 Å². The highest BCUT2D eigenvalue weighted by atomic mass is 19.2. The minimum Gasteiger partial charge on any atom is -0.371 e. The highest BCUT2D eigenvalue weighted by Crippen LogP contribution is 2.23. The number of benzene rings is 1. The first-order valence-electron chi connectivity index (χ1n) is 6.60. The predicted octanol–water partition coefficient (Wildman–Crippen LogP) is 2.93. The summed E-state index contributed by atoms with van der Waals surface area (Å²) in [5, 5.41) is 3.40. The van der Waals surface area contributed by atoms with E-state index in [1.807, 2.05) is 4.90 Å². The Balaban J connectivity index is 2.23. The summed E-state index contributed by atoms with van der Waals surface area (Å²) in [5.41, 5.74) is 0.414. The molecule has 106 valence electrons. The van der Waals surface area contributed by atoms with Crippen LogP contribution in [0.3, 0.4) is 0 Å². The maximum Gasteiger partial charge on any atom is 0.194 e. The zero-order valence-electron chi connectivity index (χ0n) is 11.2. The minimum atomic E-state index is -1.40. The summed E-state index contributed by atoms with van der Waals surface area (Å²) in [4.78, 5) is 1.92. The molecular formula is C14H19F3N2. The summed E-state index contributed by atoms with van der Waals surface area (Å²) in [7, 11) is 0. The van der Waals surface area contributed by atoms with Gasteiger partial charge in [0.2, 0.25) is 0 Å². The van der Waals surface area contributed by atoms with Crippen molar-refractivity contribution in [2.75, 3.05) is 24.5 Å². The van der Waals surface area contributed by atoms with E-state index < -0.39 is 17.5 Å². The van der Waals surface area contributed by atoms with Gasteiger partial charge in [0.15, 0.2) is 17.5 Å². The molecule has 2 atom stereocenters. The first kappa shape index (κ1) is 14.2. The van der Waals surface area contributed by atoms with Gasteiger partial charge < -0.3 is 10.2 Å². The molecule has 0 aromatic heterocycles. The van der Waals surface area contributed by atoms with E-state index in [1.54, 1.807) is 0 Å². The molecular weight excluding hydrogens is 253 g/mol. The molecule has 1 aliphatic rings. The average Bonchev–Trinajstić information content (AvgIpc) is 2.35. The normalized spacial score (nSPS) is 25.0. The second-order valence-corrected chi connectivity index (χ2v) is 5.37. The Bertz CT molecular complexity index is 427. The zero-order valence-corrected chi connectivity index (χ0v) is 11.2. The van der Waals surface area contributed by atoms with Crippen molar-refractivity contribution in [3.8, 4) is 0 Å². The molecule has 0 bridgehead atoms. The van der Waals surface area contributed by atoms with Crippen molar-refractivity contribution >= 4 is 5.69 Å². The number of hydrogen-bond donors (Lipinski definition) is 1. The van der Waals surface area contributed by atoms with Crippen LogP contribution in [-0.4, -0.2) is 25.7 Å². The highest BCUT2D eigenvalue weighted by Gasteiger charge is 2.19. The minimum absolute atomic E-state index is 0.360. The van der Waals surface area contributed by atoms with Gasteiger partial charge in [0.1, 0.15) is 0 Å². The lowest BCUT2D eigenvalue weighted by molar-refractivity contribution is 0.408. The number of hydrogen-bond acceptors (Lipinski definition) is 2. The molecule has 2 nitrogen and oxygen atoms in total. The summed E-state index contributed by atoms with van der Waals surface area (Å²) in [5.74, 6) is -3.30. The molecule has 1 aliphatic heterocycles. The van der Waals surface area contributed by atoms with Gasteiger partial charge in [0.25, 0.3) is 0 Å². The molecule has 5 heteroatoms. The van der Waals surface area contributed by atoms with E-state index in [-0.39, 0.29) is 0 Å². The van der Waals surface area contributed by atoms with E-state index >= 15 is 0 Å². The van der Waals surface area contributed by atoms with E-state index in [4.69, 9.17) is 0 Å². The molecule has 1 heterocycles. The summed E-state index contributed by atoms with van der Waals surface area (Å²) < 4.78 is 39.6. The fourth-order valence-electron chi connectivity index (χ4n) is 2.35. The van der Waals surface area contributed by atoms with Gasteiger partial charge in [-0.1, -0.05) is 6.92 Å². The Morgan fingerprint density at radius 2 is 1.79 bits per heavy atom. The topological polar surface area (TPSA) is 15.3 Å². The van der Waals surface area contributed by atoms with Gasteiger partial charge in [-0.3, -0.25) is 0 Å². The molecule has 1 saturated heterocycles. The van der Waals surface area contributed by atoms with Crippen LogP contribution in [0.2, 0.25) is 0 Å². The van der Waals surface area contributed by atoms with Crippen molar-refractivity contribution in [1.82, 2.24) is 5.32 Å². The maximum absolute atomic E-state index is 13.3. The standard InChI is InChI=1S/C14H19F3N2/c1-9-7-18-10(2)3-4-19(8-9)11-5-12(15)14(17)13(16)6-11/h5-6,9-10,18H,3-4,7-8H2,1-2H3. The quantitative estimate of drug-likeness (QED) is 0.791. The monoisotopic (exact) mass is 272 g/mol. The largest absolute Gasteiger partial charge is 0.371 e. The smallest absolute Gasteiger partial charge is 0.194 e. The van der Waals surface area contributed by atoms with Crippen LogP contribution in [0.4, 0.5) is 18.9 Å². The van der Waals surface area contributed by atoms with Gasteiger partial charge in [-0.15, -0.1) is 0 Å². The summed E-state index contributed by atoms with van der Waals surface area (Å²) in [6.45, 7) is 6.42. The third-order valence-corrected chi connectivity index (χ3v) is 3.51. The van der Waals surface area contributed by atoms with Crippen molar-refractivity contribution in [3.63, 3.8) is 0 Å². The maximum atomic E-state index is 13.3. The van der Waals surface area contributed by atoms with Crippen LogP contribution in [0.1, 0.15) is 20.3 Å². The molecule has 19 heavy (non-hydrogen) atoms. The van der Waals surface area contributed by atoms with E-state index in [0.717, 1.165) is 25.1 Å². The van der Waals surface area contributed by atoms with Gasteiger partial charge in [0.05, 0.1) is 0 Å². The second-order valence-electron chi connectivity index (χ2n) is 5.37. The van der Waals surface area contributed by atoms with Crippen LogP contribution in [-0.2, 0) is 0 Å². The zero-order chi connectivity index (χ0) is 14.0. The molecule has 0 radical (unpaired) electrons. The second kappa shape index (κ2) is 5.82. The third-order valence-electron chi connectivity index (χ3n) is 3.51. The lowest BCUT2D eigenvalue weighted by Crippen LogP contribution is -2.42. The van der Waals surface area contributed by atoms with Gasteiger partial charge in [-0.25, -0.2) is 13.2 Å².